The number of rotatable bonds is 4. The predicted octanol–water partition coefficient (Wildman–Crippen LogP) is 2.98. The minimum Gasteiger partial charge on any atom is -0.463 e. The maximum absolute atomic E-state index is 12.2. The van der Waals surface area contributed by atoms with Gasteiger partial charge in [0.1, 0.15) is 5.69 Å². The highest BCUT2D eigenvalue weighted by molar-refractivity contribution is 5.95. The number of aryl methyl sites for hydroxylation is 1. The largest absolute Gasteiger partial charge is 0.463 e. The smallest absolute Gasteiger partial charge is 0.253 e. The standard InChI is InChI=1S/C17H15N3O2/c1-12-14(6-7-15(20-12)16-5-3-9-22-16)17(21)19-11-13-4-2-8-18-10-13/h2-10H,11H2,1H3,(H,19,21). The Labute approximate surface area is 128 Å². The Morgan fingerprint density at radius 1 is 1.23 bits per heavy atom. The van der Waals surface area contributed by atoms with Crippen LogP contribution in [0.1, 0.15) is 21.6 Å². The quantitative estimate of drug-likeness (QED) is 0.803. The predicted molar refractivity (Wildman–Crippen MR) is 82.1 cm³/mol. The first-order valence-corrected chi connectivity index (χ1v) is 6.92. The number of pyridine rings is 2. The molecule has 0 saturated carbocycles. The van der Waals surface area contributed by atoms with Gasteiger partial charge in [0.25, 0.3) is 5.91 Å². The van der Waals surface area contributed by atoms with Crippen molar-refractivity contribution < 1.29 is 9.21 Å². The highest BCUT2D eigenvalue weighted by atomic mass is 16.3. The zero-order valence-corrected chi connectivity index (χ0v) is 12.1. The van der Waals surface area contributed by atoms with E-state index < -0.39 is 0 Å². The van der Waals surface area contributed by atoms with E-state index >= 15 is 0 Å². The molecule has 0 spiro atoms. The second kappa shape index (κ2) is 6.22. The summed E-state index contributed by atoms with van der Waals surface area (Å²) in [6.45, 7) is 2.25. The maximum atomic E-state index is 12.2. The van der Waals surface area contributed by atoms with Crippen LogP contribution in [0.4, 0.5) is 0 Å². The molecule has 3 aromatic heterocycles. The van der Waals surface area contributed by atoms with Crippen LogP contribution in [0.3, 0.4) is 0 Å². The summed E-state index contributed by atoms with van der Waals surface area (Å²) in [6, 6.07) is 10.9. The first-order chi connectivity index (χ1) is 10.7. The van der Waals surface area contributed by atoms with Gasteiger partial charge < -0.3 is 9.73 Å². The fraction of sp³-hybridized carbons (Fsp3) is 0.118. The van der Waals surface area contributed by atoms with Crippen LogP contribution in [0.5, 0.6) is 0 Å². The van der Waals surface area contributed by atoms with Gasteiger partial charge in [0, 0.05) is 18.9 Å². The number of nitrogens with zero attached hydrogens (tertiary/aromatic N) is 2. The summed E-state index contributed by atoms with van der Waals surface area (Å²) in [5, 5.41) is 2.87. The van der Waals surface area contributed by atoms with Crippen molar-refractivity contribution in [3.05, 3.63) is 71.9 Å². The van der Waals surface area contributed by atoms with E-state index in [0.717, 1.165) is 5.56 Å². The molecule has 0 atom stereocenters. The van der Waals surface area contributed by atoms with Crippen molar-refractivity contribution in [3.63, 3.8) is 0 Å². The molecule has 0 aliphatic carbocycles. The third-order valence-corrected chi connectivity index (χ3v) is 3.28. The molecule has 1 amide bonds. The van der Waals surface area contributed by atoms with E-state index in [2.05, 4.69) is 15.3 Å². The van der Waals surface area contributed by atoms with E-state index in [0.29, 0.717) is 29.3 Å². The average molecular weight is 293 g/mol. The number of carbonyl (C=O) groups excluding carboxylic acids is 1. The molecule has 5 nitrogen and oxygen atoms in total. The molecule has 0 radical (unpaired) electrons. The number of aromatic nitrogens is 2. The van der Waals surface area contributed by atoms with E-state index in [-0.39, 0.29) is 5.91 Å². The monoisotopic (exact) mass is 293 g/mol. The van der Waals surface area contributed by atoms with E-state index in [1.165, 1.54) is 0 Å². The Morgan fingerprint density at radius 2 is 2.14 bits per heavy atom. The Kier molecular flexibility index (Phi) is 3.96. The Bertz CT molecular complexity index is 768. The van der Waals surface area contributed by atoms with Gasteiger partial charge in [-0.1, -0.05) is 6.07 Å². The number of furan rings is 1. The van der Waals surface area contributed by atoms with Crippen LogP contribution in [0.15, 0.2) is 59.5 Å². The highest BCUT2D eigenvalue weighted by Crippen LogP contribution is 2.19. The van der Waals surface area contributed by atoms with Gasteiger partial charge in [-0.05, 0) is 42.8 Å². The normalized spacial score (nSPS) is 10.4. The molecule has 0 saturated heterocycles. The van der Waals surface area contributed by atoms with Gasteiger partial charge in [-0.15, -0.1) is 0 Å². The molecule has 1 N–H and O–H groups in total. The lowest BCUT2D eigenvalue weighted by molar-refractivity contribution is 0.0950. The molecule has 0 bridgehead atoms. The number of hydrogen-bond donors (Lipinski definition) is 1. The van der Waals surface area contributed by atoms with Gasteiger partial charge >= 0.3 is 0 Å². The summed E-state index contributed by atoms with van der Waals surface area (Å²) >= 11 is 0. The van der Waals surface area contributed by atoms with Crippen molar-refractivity contribution in [2.45, 2.75) is 13.5 Å². The van der Waals surface area contributed by atoms with Crippen LogP contribution in [-0.2, 0) is 6.54 Å². The molecular weight excluding hydrogens is 278 g/mol. The summed E-state index contributed by atoms with van der Waals surface area (Å²) < 4.78 is 5.31. The van der Waals surface area contributed by atoms with Crippen LogP contribution in [0, 0.1) is 6.92 Å². The molecule has 5 heteroatoms. The van der Waals surface area contributed by atoms with Crippen molar-refractivity contribution in [3.8, 4) is 11.5 Å². The zero-order chi connectivity index (χ0) is 15.4. The first-order valence-electron chi connectivity index (χ1n) is 6.92. The summed E-state index contributed by atoms with van der Waals surface area (Å²) in [6.07, 6.45) is 5.03. The van der Waals surface area contributed by atoms with Crippen LogP contribution in [-0.4, -0.2) is 15.9 Å². The Hall–Kier alpha value is -2.95. The van der Waals surface area contributed by atoms with Gasteiger partial charge in [-0.25, -0.2) is 4.98 Å². The second-order valence-electron chi connectivity index (χ2n) is 4.85. The second-order valence-corrected chi connectivity index (χ2v) is 4.85. The molecule has 3 aromatic rings. The Balaban J connectivity index is 1.73. The minimum atomic E-state index is -0.153. The number of nitrogens with one attached hydrogen (secondary N) is 1. The molecule has 110 valence electrons. The Morgan fingerprint density at radius 3 is 2.82 bits per heavy atom. The van der Waals surface area contributed by atoms with Gasteiger partial charge in [-0.3, -0.25) is 9.78 Å². The van der Waals surface area contributed by atoms with E-state index in [4.69, 9.17) is 4.42 Å². The molecular formula is C17H15N3O2. The molecule has 0 aromatic carbocycles. The number of hydrogen-bond acceptors (Lipinski definition) is 4. The maximum Gasteiger partial charge on any atom is 0.253 e. The van der Waals surface area contributed by atoms with Crippen molar-refractivity contribution >= 4 is 5.91 Å². The fourth-order valence-electron chi connectivity index (χ4n) is 2.14. The van der Waals surface area contributed by atoms with Crippen LogP contribution < -0.4 is 5.32 Å². The zero-order valence-electron chi connectivity index (χ0n) is 12.1. The molecule has 3 rings (SSSR count). The van der Waals surface area contributed by atoms with Crippen LogP contribution >= 0.6 is 0 Å². The lowest BCUT2D eigenvalue weighted by atomic mass is 10.1. The van der Waals surface area contributed by atoms with Crippen molar-refractivity contribution in [1.82, 2.24) is 15.3 Å². The average Bonchev–Trinajstić information content (AvgIpc) is 3.08. The molecule has 22 heavy (non-hydrogen) atoms. The fourth-order valence-corrected chi connectivity index (χ4v) is 2.14. The lowest BCUT2D eigenvalue weighted by Gasteiger charge is -2.08. The molecule has 0 fully saturated rings. The van der Waals surface area contributed by atoms with Gasteiger partial charge in [0.2, 0.25) is 0 Å². The van der Waals surface area contributed by atoms with Gasteiger partial charge in [0.05, 0.1) is 17.5 Å². The molecule has 0 unspecified atom stereocenters. The topological polar surface area (TPSA) is 68.0 Å². The summed E-state index contributed by atoms with van der Waals surface area (Å²) in [5.74, 6) is 0.533. The number of amides is 1. The molecule has 3 heterocycles. The number of carbonyl (C=O) groups is 1. The summed E-state index contributed by atoms with van der Waals surface area (Å²) in [4.78, 5) is 20.7. The highest BCUT2D eigenvalue weighted by Gasteiger charge is 2.12. The molecule has 0 aliphatic heterocycles. The van der Waals surface area contributed by atoms with Gasteiger partial charge in [-0.2, -0.15) is 0 Å². The summed E-state index contributed by atoms with van der Waals surface area (Å²) in [5.41, 5.74) is 2.89. The van der Waals surface area contributed by atoms with E-state index in [1.54, 1.807) is 36.9 Å². The third-order valence-electron chi connectivity index (χ3n) is 3.28. The summed E-state index contributed by atoms with van der Waals surface area (Å²) in [7, 11) is 0. The minimum absolute atomic E-state index is 0.153. The van der Waals surface area contributed by atoms with Crippen molar-refractivity contribution in [2.24, 2.45) is 0 Å². The van der Waals surface area contributed by atoms with E-state index in [1.807, 2.05) is 25.1 Å². The molecule has 0 aliphatic rings. The van der Waals surface area contributed by atoms with E-state index in [9.17, 15) is 4.79 Å². The van der Waals surface area contributed by atoms with Crippen molar-refractivity contribution in [1.29, 1.82) is 0 Å². The van der Waals surface area contributed by atoms with Crippen LogP contribution in [0.25, 0.3) is 11.5 Å². The SMILES string of the molecule is Cc1nc(-c2ccco2)ccc1C(=O)NCc1cccnc1. The third kappa shape index (κ3) is 3.03. The van der Waals surface area contributed by atoms with Crippen LogP contribution in [0.2, 0.25) is 0 Å². The first kappa shape index (κ1) is 14.0. The van der Waals surface area contributed by atoms with Gasteiger partial charge in [0.15, 0.2) is 5.76 Å². The lowest BCUT2D eigenvalue weighted by Crippen LogP contribution is -2.24. The van der Waals surface area contributed by atoms with Crippen molar-refractivity contribution in [2.75, 3.05) is 0 Å².